The number of nitrogens with zero attached hydrogens (tertiary/aromatic N) is 3. The molecular formula is C11H15N5O3S. The molecule has 2 rings (SSSR count). The number of thiazole rings is 1. The van der Waals surface area contributed by atoms with Crippen molar-refractivity contribution in [2.75, 3.05) is 18.9 Å². The molecule has 2 aromatic heterocycles. The lowest BCUT2D eigenvalue weighted by Gasteiger charge is -2.22. The summed E-state index contributed by atoms with van der Waals surface area (Å²) in [4.78, 5) is 27.1. The number of nitro groups is 1. The first-order chi connectivity index (χ1) is 9.36. The number of rotatable bonds is 5. The summed E-state index contributed by atoms with van der Waals surface area (Å²) < 4.78 is 1.42. The van der Waals surface area contributed by atoms with Gasteiger partial charge in [-0.15, -0.1) is 0 Å². The third-order valence-corrected chi connectivity index (χ3v) is 3.71. The van der Waals surface area contributed by atoms with Crippen molar-refractivity contribution < 1.29 is 9.72 Å². The fourth-order valence-electron chi connectivity index (χ4n) is 1.79. The predicted molar refractivity (Wildman–Crippen MR) is 76.1 cm³/mol. The normalized spacial score (nSPS) is 11.6. The van der Waals surface area contributed by atoms with E-state index < -0.39 is 10.3 Å². The summed E-state index contributed by atoms with van der Waals surface area (Å²) in [6, 6.07) is 0. The molecule has 9 heteroatoms. The summed E-state index contributed by atoms with van der Waals surface area (Å²) >= 11 is 1.31. The first-order valence-electron chi connectivity index (χ1n) is 5.93. The molecule has 0 aliphatic rings. The Morgan fingerprint density at radius 3 is 2.90 bits per heavy atom. The first kappa shape index (κ1) is 14.3. The van der Waals surface area contributed by atoms with Crippen molar-refractivity contribution in [3.05, 3.63) is 21.7 Å². The maximum absolute atomic E-state index is 11.7. The van der Waals surface area contributed by atoms with Crippen LogP contribution in [0, 0.1) is 15.5 Å². The van der Waals surface area contributed by atoms with Crippen LogP contribution in [0.5, 0.6) is 0 Å². The number of aromatic nitrogens is 2. The fourth-order valence-corrected chi connectivity index (χ4v) is 2.50. The van der Waals surface area contributed by atoms with Gasteiger partial charge in [-0.1, -0.05) is 11.3 Å². The third kappa shape index (κ3) is 2.44. The van der Waals surface area contributed by atoms with Gasteiger partial charge in [0.25, 0.3) is 4.96 Å². The van der Waals surface area contributed by atoms with Crippen molar-refractivity contribution in [3.8, 4) is 0 Å². The highest BCUT2D eigenvalue weighted by atomic mass is 32.1. The van der Waals surface area contributed by atoms with E-state index in [1.807, 2.05) is 0 Å². The monoisotopic (exact) mass is 297 g/mol. The highest BCUT2D eigenvalue weighted by molar-refractivity contribution is 7.15. The molecule has 0 bridgehead atoms. The van der Waals surface area contributed by atoms with Crippen LogP contribution in [0.1, 0.15) is 13.8 Å². The number of amides is 1. The van der Waals surface area contributed by atoms with E-state index in [-0.39, 0.29) is 24.1 Å². The highest BCUT2D eigenvalue weighted by Gasteiger charge is 2.29. The number of hydrogen-bond acceptors (Lipinski definition) is 6. The number of anilines is 1. The van der Waals surface area contributed by atoms with Crippen molar-refractivity contribution in [3.63, 3.8) is 0 Å². The van der Waals surface area contributed by atoms with Gasteiger partial charge in [0.1, 0.15) is 6.20 Å². The molecular weight excluding hydrogens is 282 g/mol. The van der Waals surface area contributed by atoms with E-state index in [2.05, 4.69) is 15.6 Å². The minimum Gasteiger partial charge on any atom is -0.362 e. The second kappa shape index (κ2) is 5.08. The molecule has 108 valence electrons. The Kier molecular flexibility index (Phi) is 3.62. The molecule has 0 spiro atoms. The van der Waals surface area contributed by atoms with E-state index in [4.69, 9.17) is 0 Å². The van der Waals surface area contributed by atoms with Gasteiger partial charge in [-0.3, -0.25) is 4.79 Å². The number of imidazole rings is 1. The summed E-state index contributed by atoms with van der Waals surface area (Å²) in [6.45, 7) is 3.75. The van der Waals surface area contributed by atoms with E-state index in [9.17, 15) is 14.9 Å². The lowest BCUT2D eigenvalue weighted by molar-refractivity contribution is -0.389. The average molecular weight is 297 g/mol. The Balaban J connectivity index is 2.26. The molecule has 2 heterocycles. The van der Waals surface area contributed by atoms with Crippen LogP contribution in [0.4, 0.5) is 11.6 Å². The SMILES string of the molecule is CNC(=O)C(C)(C)CNc1nc2sccn2c1[N+](=O)[O-]. The molecule has 0 radical (unpaired) electrons. The summed E-state index contributed by atoms with van der Waals surface area (Å²) in [5.41, 5.74) is -0.695. The second-order valence-corrected chi connectivity index (χ2v) is 5.79. The maximum atomic E-state index is 11.7. The molecule has 8 nitrogen and oxygen atoms in total. The molecule has 2 aromatic rings. The number of fused-ring (bicyclic) bond motifs is 1. The number of nitrogens with one attached hydrogen (secondary N) is 2. The van der Waals surface area contributed by atoms with E-state index in [0.29, 0.717) is 4.96 Å². The van der Waals surface area contributed by atoms with Crippen LogP contribution in [-0.4, -0.2) is 33.8 Å². The lowest BCUT2D eigenvalue weighted by atomic mass is 9.92. The van der Waals surface area contributed by atoms with Crippen molar-refractivity contribution >= 4 is 33.8 Å². The lowest BCUT2D eigenvalue weighted by Crippen LogP contribution is -2.39. The Morgan fingerprint density at radius 1 is 1.60 bits per heavy atom. The van der Waals surface area contributed by atoms with Gasteiger partial charge in [0, 0.05) is 19.0 Å². The van der Waals surface area contributed by atoms with Gasteiger partial charge in [0.2, 0.25) is 11.7 Å². The van der Waals surface area contributed by atoms with Crippen LogP contribution in [-0.2, 0) is 4.79 Å². The summed E-state index contributed by atoms with van der Waals surface area (Å²) in [6.07, 6.45) is 1.60. The van der Waals surface area contributed by atoms with Crippen LogP contribution in [0.3, 0.4) is 0 Å². The summed E-state index contributed by atoms with van der Waals surface area (Å²) in [7, 11) is 1.55. The van der Waals surface area contributed by atoms with Gasteiger partial charge in [-0.05, 0) is 18.8 Å². The molecule has 0 aliphatic carbocycles. The molecule has 0 atom stereocenters. The fraction of sp³-hybridized carbons (Fsp3) is 0.455. The average Bonchev–Trinajstić information content (AvgIpc) is 2.94. The minimum atomic E-state index is -0.695. The molecule has 0 unspecified atom stereocenters. The van der Waals surface area contributed by atoms with E-state index in [1.54, 1.807) is 32.5 Å². The largest absolute Gasteiger partial charge is 0.372 e. The topological polar surface area (TPSA) is 102 Å². The van der Waals surface area contributed by atoms with Crippen LogP contribution >= 0.6 is 11.3 Å². The van der Waals surface area contributed by atoms with Gasteiger partial charge < -0.3 is 20.7 Å². The maximum Gasteiger partial charge on any atom is 0.372 e. The first-order valence-corrected chi connectivity index (χ1v) is 6.81. The zero-order valence-electron chi connectivity index (χ0n) is 11.3. The van der Waals surface area contributed by atoms with Gasteiger partial charge in [-0.2, -0.15) is 9.38 Å². The Hall–Kier alpha value is -2.16. The molecule has 0 aliphatic heterocycles. The van der Waals surface area contributed by atoms with Crippen LogP contribution in [0.2, 0.25) is 0 Å². The van der Waals surface area contributed by atoms with Gasteiger partial charge in [0.15, 0.2) is 0 Å². The van der Waals surface area contributed by atoms with Gasteiger partial charge in [-0.25, -0.2) is 0 Å². The molecule has 0 fully saturated rings. The standard InChI is InChI=1S/C11H15N5O3S/c1-11(2,9(17)12-3)6-13-7-8(16(18)19)15-4-5-20-10(15)14-7/h4-5,13H,6H2,1-3H3,(H,12,17). The van der Waals surface area contributed by atoms with Crippen molar-refractivity contribution in [1.29, 1.82) is 0 Å². The molecule has 0 saturated carbocycles. The second-order valence-electron chi connectivity index (χ2n) is 4.91. The van der Waals surface area contributed by atoms with Crippen molar-refractivity contribution in [2.24, 2.45) is 5.41 Å². The Labute approximate surface area is 119 Å². The van der Waals surface area contributed by atoms with Crippen molar-refractivity contribution in [1.82, 2.24) is 14.7 Å². The molecule has 2 N–H and O–H groups in total. The molecule has 1 amide bonds. The highest BCUT2D eigenvalue weighted by Crippen LogP contribution is 2.29. The van der Waals surface area contributed by atoms with Gasteiger partial charge in [0.05, 0.1) is 5.41 Å². The molecule has 0 saturated heterocycles. The van der Waals surface area contributed by atoms with Crippen LogP contribution in [0.15, 0.2) is 11.6 Å². The molecule has 0 aromatic carbocycles. The van der Waals surface area contributed by atoms with Crippen LogP contribution < -0.4 is 10.6 Å². The zero-order valence-corrected chi connectivity index (χ0v) is 12.2. The van der Waals surface area contributed by atoms with Crippen molar-refractivity contribution in [2.45, 2.75) is 13.8 Å². The van der Waals surface area contributed by atoms with Gasteiger partial charge >= 0.3 is 5.82 Å². The molecule has 20 heavy (non-hydrogen) atoms. The smallest absolute Gasteiger partial charge is 0.362 e. The predicted octanol–water partition coefficient (Wildman–Crippen LogP) is 1.49. The van der Waals surface area contributed by atoms with E-state index in [0.717, 1.165) is 0 Å². The number of hydrogen-bond donors (Lipinski definition) is 2. The minimum absolute atomic E-state index is 0.117. The number of carbonyl (C=O) groups excluding carboxylic acids is 1. The quantitative estimate of drug-likeness (QED) is 0.643. The third-order valence-electron chi connectivity index (χ3n) is 2.95. The zero-order chi connectivity index (χ0) is 14.9. The van der Waals surface area contributed by atoms with Crippen LogP contribution in [0.25, 0.3) is 4.96 Å². The summed E-state index contributed by atoms with van der Waals surface area (Å²) in [5, 5.41) is 18.3. The Bertz CT molecular complexity index is 660. The van der Waals surface area contributed by atoms with E-state index >= 15 is 0 Å². The number of carbonyl (C=O) groups is 1. The Morgan fingerprint density at radius 2 is 2.30 bits per heavy atom. The summed E-state index contributed by atoms with van der Waals surface area (Å²) in [5.74, 6) is -0.0820. The van der Waals surface area contributed by atoms with E-state index in [1.165, 1.54) is 15.7 Å².